The smallest absolute Gasteiger partial charge is 0.198 e. The van der Waals surface area contributed by atoms with Crippen LogP contribution in [0.1, 0.15) is 27.7 Å². The van der Waals surface area contributed by atoms with Gasteiger partial charge in [0.15, 0.2) is 11.6 Å². The van der Waals surface area contributed by atoms with Gasteiger partial charge in [0.25, 0.3) is 0 Å². The normalized spacial score (nSPS) is 53.8. The molecule has 2 aliphatic heterocycles. The van der Waals surface area contributed by atoms with Crippen LogP contribution in [0, 0.1) is 0 Å². The molecule has 4 heteroatoms. The Labute approximate surface area is 77.8 Å². The number of ether oxygens (including phenoxy) is 3. The van der Waals surface area contributed by atoms with Gasteiger partial charge in [0.05, 0.1) is 6.10 Å². The van der Waals surface area contributed by atoms with Crippen molar-refractivity contribution >= 4 is 0 Å². The minimum Gasteiger partial charge on any atom is -0.387 e. The second-order valence-electron chi connectivity index (χ2n) is 4.37. The lowest BCUT2D eigenvalue weighted by molar-refractivity contribution is -0.253. The topological polar surface area (TPSA) is 47.9 Å². The third-order valence-electron chi connectivity index (χ3n) is 2.59. The van der Waals surface area contributed by atoms with Crippen molar-refractivity contribution in [2.75, 3.05) is 0 Å². The van der Waals surface area contributed by atoms with Crippen LogP contribution in [-0.2, 0) is 14.2 Å². The molecule has 0 amide bonds. The van der Waals surface area contributed by atoms with Crippen molar-refractivity contribution in [2.45, 2.75) is 57.6 Å². The van der Waals surface area contributed by atoms with Crippen LogP contribution >= 0.6 is 0 Å². The first-order chi connectivity index (χ1) is 5.84. The zero-order valence-electron chi connectivity index (χ0n) is 8.40. The van der Waals surface area contributed by atoms with Gasteiger partial charge in [-0.15, -0.1) is 0 Å². The van der Waals surface area contributed by atoms with E-state index in [1.54, 1.807) is 6.92 Å². The number of aliphatic hydroxyl groups is 1. The summed E-state index contributed by atoms with van der Waals surface area (Å²) in [4.78, 5) is 0. The molecule has 0 spiro atoms. The Balaban J connectivity index is 2.24. The highest BCUT2D eigenvalue weighted by molar-refractivity contribution is 4.98. The summed E-state index contributed by atoms with van der Waals surface area (Å²) in [6.07, 6.45) is -1.21. The summed E-state index contributed by atoms with van der Waals surface area (Å²) in [5.41, 5.74) is 0. The SMILES string of the molecule is CC1OC2(C)OC(C)(C)OC2C1O. The second-order valence-corrected chi connectivity index (χ2v) is 4.37. The van der Waals surface area contributed by atoms with Crippen molar-refractivity contribution in [3.05, 3.63) is 0 Å². The van der Waals surface area contributed by atoms with Crippen molar-refractivity contribution in [2.24, 2.45) is 0 Å². The third-order valence-corrected chi connectivity index (χ3v) is 2.59. The molecule has 2 rings (SSSR count). The van der Waals surface area contributed by atoms with Gasteiger partial charge in [0, 0.05) is 0 Å². The molecular formula is C9H16O4. The Morgan fingerprint density at radius 1 is 1.15 bits per heavy atom. The average Bonchev–Trinajstić information content (AvgIpc) is 2.27. The second kappa shape index (κ2) is 2.45. The van der Waals surface area contributed by atoms with E-state index in [1.165, 1.54) is 0 Å². The van der Waals surface area contributed by atoms with Crippen LogP contribution in [0.5, 0.6) is 0 Å². The minimum atomic E-state index is -0.789. The van der Waals surface area contributed by atoms with Gasteiger partial charge < -0.3 is 19.3 Å². The maximum atomic E-state index is 9.74. The standard InChI is InChI=1S/C9H16O4/c1-5-6(10)7-9(4,11-5)13-8(2,3)12-7/h5-7,10H,1-4H3. The van der Waals surface area contributed by atoms with E-state index in [1.807, 2.05) is 20.8 Å². The predicted molar refractivity (Wildman–Crippen MR) is 45.0 cm³/mol. The zero-order chi connectivity index (χ0) is 9.85. The summed E-state index contributed by atoms with van der Waals surface area (Å²) >= 11 is 0. The van der Waals surface area contributed by atoms with E-state index in [0.29, 0.717) is 0 Å². The van der Waals surface area contributed by atoms with Gasteiger partial charge in [-0.3, -0.25) is 0 Å². The molecule has 2 saturated heterocycles. The minimum absolute atomic E-state index is 0.230. The van der Waals surface area contributed by atoms with Gasteiger partial charge >= 0.3 is 0 Å². The van der Waals surface area contributed by atoms with E-state index in [-0.39, 0.29) is 12.2 Å². The molecule has 2 fully saturated rings. The first kappa shape index (κ1) is 9.40. The van der Waals surface area contributed by atoms with Crippen LogP contribution in [0.15, 0.2) is 0 Å². The summed E-state index contributed by atoms with van der Waals surface area (Å²) in [6, 6.07) is 0. The van der Waals surface area contributed by atoms with E-state index in [2.05, 4.69) is 0 Å². The van der Waals surface area contributed by atoms with Crippen LogP contribution in [-0.4, -0.2) is 35.0 Å². The molecule has 0 aromatic carbocycles. The van der Waals surface area contributed by atoms with Crippen molar-refractivity contribution < 1.29 is 19.3 Å². The molecule has 2 aliphatic rings. The molecule has 4 nitrogen and oxygen atoms in total. The Kier molecular flexibility index (Phi) is 1.77. The highest BCUT2D eigenvalue weighted by Gasteiger charge is 2.60. The number of rotatable bonds is 0. The summed E-state index contributed by atoms with van der Waals surface area (Å²) in [5, 5.41) is 9.74. The largest absolute Gasteiger partial charge is 0.387 e. The van der Waals surface area contributed by atoms with Crippen LogP contribution in [0.3, 0.4) is 0 Å². The highest BCUT2D eigenvalue weighted by atomic mass is 16.9. The van der Waals surface area contributed by atoms with Crippen LogP contribution in [0.25, 0.3) is 0 Å². The molecule has 0 radical (unpaired) electrons. The lowest BCUT2D eigenvalue weighted by atomic mass is 10.1. The van der Waals surface area contributed by atoms with E-state index < -0.39 is 17.7 Å². The van der Waals surface area contributed by atoms with E-state index >= 15 is 0 Å². The number of aliphatic hydroxyl groups excluding tert-OH is 1. The molecule has 0 aromatic rings. The van der Waals surface area contributed by atoms with Gasteiger partial charge in [-0.2, -0.15) is 0 Å². The summed E-state index contributed by atoms with van der Waals surface area (Å²) < 4.78 is 16.7. The van der Waals surface area contributed by atoms with Crippen molar-refractivity contribution in [3.8, 4) is 0 Å². The first-order valence-corrected chi connectivity index (χ1v) is 4.58. The van der Waals surface area contributed by atoms with E-state index in [4.69, 9.17) is 14.2 Å². The Morgan fingerprint density at radius 3 is 2.31 bits per heavy atom. The van der Waals surface area contributed by atoms with Crippen LogP contribution < -0.4 is 0 Å². The predicted octanol–water partition coefficient (Wildman–Crippen LogP) is 0.634. The Hall–Kier alpha value is -0.160. The summed E-state index contributed by atoms with van der Waals surface area (Å²) in [6.45, 7) is 7.25. The van der Waals surface area contributed by atoms with Crippen molar-refractivity contribution in [3.63, 3.8) is 0 Å². The van der Waals surface area contributed by atoms with Gasteiger partial charge in [-0.25, -0.2) is 0 Å². The zero-order valence-corrected chi connectivity index (χ0v) is 8.40. The lowest BCUT2D eigenvalue weighted by Gasteiger charge is -2.24. The maximum Gasteiger partial charge on any atom is 0.198 e. The average molecular weight is 188 g/mol. The Bertz CT molecular complexity index is 228. The molecule has 0 saturated carbocycles. The fourth-order valence-electron chi connectivity index (χ4n) is 2.14. The molecule has 0 bridgehead atoms. The van der Waals surface area contributed by atoms with Crippen LogP contribution in [0.2, 0.25) is 0 Å². The summed E-state index contributed by atoms with van der Waals surface area (Å²) in [5.74, 6) is -1.46. The first-order valence-electron chi connectivity index (χ1n) is 4.58. The fourth-order valence-corrected chi connectivity index (χ4v) is 2.14. The van der Waals surface area contributed by atoms with Gasteiger partial charge in [-0.05, 0) is 27.7 Å². The number of hydrogen-bond acceptors (Lipinski definition) is 4. The van der Waals surface area contributed by atoms with Crippen molar-refractivity contribution in [1.82, 2.24) is 0 Å². The van der Waals surface area contributed by atoms with Gasteiger partial charge in [0.1, 0.15) is 12.2 Å². The Morgan fingerprint density at radius 2 is 1.77 bits per heavy atom. The highest BCUT2D eigenvalue weighted by Crippen LogP contribution is 2.44. The monoisotopic (exact) mass is 188 g/mol. The molecule has 1 N–H and O–H groups in total. The molecule has 0 aliphatic carbocycles. The molecular weight excluding hydrogens is 172 g/mol. The molecule has 76 valence electrons. The molecule has 13 heavy (non-hydrogen) atoms. The quantitative estimate of drug-likeness (QED) is 0.606. The number of hydrogen-bond donors (Lipinski definition) is 1. The van der Waals surface area contributed by atoms with Gasteiger partial charge in [0.2, 0.25) is 0 Å². The fraction of sp³-hybridized carbons (Fsp3) is 1.00. The lowest BCUT2D eigenvalue weighted by Crippen LogP contribution is -2.37. The maximum absolute atomic E-state index is 9.74. The molecule has 4 atom stereocenters. The van der Waals surface area contributed by atoms with Crippen molar-refractivity contribution in [1.29, 1.82) is 0 Å². The van der Waals surface area contributed by atoms with Gasteiger partial charge in [-0.1, -0.05) is 0 Å². The van der Waals surface area contributed by atoms with E-state index in [0.717, 1.165) is 0 Å². The third kappa shape index (κ3) is 1.29. The van der Waals surface area contributed by atoms with Crippen LogP contribution in [0.4, 0.5) is 0 Å². The summed E-state index contributed by atoms with van der Waals surface area (Å²) in [7, 11) is 0. The molecule has 0 aromatic heterocycles. The molecule has 2 heterocycles. The number of fused-ring (bicyclic) bond motifs is 1. The molecule has 4 unspecified atom stereocenters. The van der Waals surface area contributed by atoms with E-state index in [9.17, 15) is 5.11 Å².